The topological polar surface area (TPSA) is 58.6 Å². The van der Waals surface area contributed by atoms with Crippen LogP contribution in [0.3, 0.4) is 0 Å². The molecule has 0 aromatic heterocycles. The highest BCUT2D eigenvalue weighted by molar-refractivity contribution is 5.75. The number of carbonyl (C=O) groups excluding carboxylic acids is 2. The van der Waals surface area contributed by atoms with Crippen molar-refractivity contribution < 1.29 is 14.3 Å². The maximum Gasteiger partial charge on any atom is 0.306 e. The fraction of sp³-hybridized carbons (Fsp3) is 0.958. The Morgan fingerprint density at radius 3 is 1.15 bits per heavy atom. The number of rotatable bonds is 41. The zero-order chi connectivity index (χ0) is 39.3. The fourth-order valence-corrected chi connectivity index (χ4v) is 7.05. The lowest BCUT2D eigenvalue weighted by molar-refractivity contribution is -0.150. The van der Waals surface area contributed by atoms with Crippen molar-refractivity contribution in [2.75, 3.05) is 27.2 Å². The van der Waals surface area contributed by atoms with Crippen LogP contribution in [0, 0.1) is 0 Å². The summed E-state index contributed by atoms with van der Waals surface area (Å²) >= 11 is 0. The quantitative estimate of drug-likeness (QED) is 0.0499. The number of carbonyl (C=O) groups is 2. The highest BCUT2D eigenvalue weighted by atomic mass is 16.5. The van der Waals surface area contributed by atoms with Gasteiger partial charge in [-0.2, -0.15) is 0 Å². The lowest BCUT2D eigenvalue weighted by Gasteiger charge is -2.18. The molecule has 0 bridgehead atoms. The monoisotopic (exact) mass is 751 g/mol. The Bertz CT molecular complexity index is 701. The van der Waals surface area contributed by atoms with Crippen LogP contribution in [0.2, 0.25) is 0 Å². The van der Waals surface area contributed by atoms with Crippen molar-refractivity contribution in [1.82, 2.24) is 10.2 Å². The van der Waals surface area contributed by atoms with E-state index in [1.807, 2.05) is 14.1 Å². The smallest absolute Gasteiger partial charge is 0.306 e. The van der Waals surface area contributed by atoms with Gasteiger partial charge >= 0.3 is 5.97 Å². The van der Waals surface area contributed by atoms with Crippen LogP contribution >= 0.6 is 0 Å². The molecule has 0 unspecified atom stereocenters. The van der Waals surface area contributed by atoms with Crippen LogP contribution in [0.4, 0.5) is 0 Å². The standard InChI is InChI=1S/C32H64O2.C16H34N2O/c1-4-7-10-13-14-15-16-17-18-19-20-21-22-23-24-27-30-32(33)34-31(28-25-11-8-5-2)29-26-12-9-6-3;1-4-5-6-7-8-9-10-11-14-17-16(19)13-12-15-18(2)3/h31H,4-30H2,1-3H3;4-15H2,1-3H3,(H,17,19). The van der Waals surface area contributed by atoms with Gasteiger partial charge in [0.1, 0.15) is 6.10 Å². The number of nitrogens with one attached hydrogen (secondary N) is 1. The van der Waals surface area contributed by atoms with Gasteiger partial charge < -0.3 is 15.0 Å². The second kappa shape index (κ2) is 47.1. The van der Waals surface area contributed by atoms with Gasteiger partial charge in [-0.3, -0.25) is 9.59 Å². The third-order valence-electron chi connectivity index (χ3n) is 10.7. The summed E-state index contributed by atoms with van der Waals surface area (Å²) in [6.07, 6.45) is 47.0. The summed E-state index contributed by atoms with van der Waals surface area (Å²) < 4.78 is 5.90. The molecule has 53 heavy (non-hydrogen) atoms. The minimum atomic E-state index is 0.0568. The van der Waals surface area contributed by atoms with Gasteiger partial charge in [0, 0.05) is 19.4 Å². The molecule has 0 aromatic rings. The maximum atomic E-state index is 12.4. The van der Waals surface area contributed by atoms with E-state index in [0.717, 1.165) is 45.2 Å². The van der Waals surface area contributed by atoms with E-state index in [1.165, 1.54) is 193 Å². The van der Waals surface area contributed by atoms with E-state index in [9.17, 15) is 9.59 Å². The molecule has 0 saturated heterocycles. The Morgan fingerprint density at radius 1 is 0.434 bits per heavy atom. The first-order valence-electron chi connectivity index (χ1n) is 24.0. The van der Waals surface area contributed by atoms with Crippen molar-refractivity contribution in [3.05, 3.63) is 0 Å². The van der Waals surface area contributed by atoms with Crippen LogP contribution in [0.1, 0.15) is 265 Å². The first-order chi connectivity index (χ1) is 25.9. The molecule has 0 saturated carbocycles. The zero-order valence-corrected chi connectivity index (χ0v) is 37.3. The van der Waals surface area contributed by atoms with Crippen LogP contribution in [0.5, 0.6) is 0 Å². The zero-order valence-electron chi connectivity index (χ0n) is 37.3. The molecule has 0 spiro atoms. The van der Waals surface area contributed by atoms with Gasteiger partial charge in [0.25, 0.3) is 0 Å². The van der Waals surface area contributed by atoms with E-state index >= 15 is 0 Å². The van der Waals surface area contributed by atoms with Crippen LogP contribution in [0.15, 0.2) is 0 Å². The second-order valence-electron chi connectivity index (χ2n) is 16.6. The first-order valence-corrected chi connectivity index (χ1v) is 24.0. The summed E-state index contributed by atoms with van der Waals surface area (Å²) in [5.41, 5.74) is 0. The van der Waals surface area contributed by atoms with Gasteiger partial charge in [-0.25, -0.2) is 0 Å². The van der Waals surface area contributed by atoms with E-state index in [-0.39, 0.29) is 18.0 Å². The van der Waals surface area contributed by atoms with E-state index < -0.39 is 0 Å². The summed E-state index contributed by atoms with van der Waals surface area (Å²) in [4.78, 5) is 26.0. The van der Waals surface area contributed by atoms with E-state index in [2.05, 4.69) is 37.9 Å². The van der Waals surface area contributed by atoms with Gasteiger partial charge in [0.15, 0.2) is 0 Å². The Morgan fingerprint density at radius 2 is 0.774 bits per heavy atom. The molecule has 0 atom stereocenters. The minimum absolute atomic E-state index is 0.0568. The number of nitrogens with zero attached hydrogens (tertiary/aromatic N) is 1. The summed E-state index contributed by atoms with van der Waals surface area (Å²) in [6.45, 7) is 10.9. The van der Waals surface area contributed by atoms with Crippen LogP contribution in [0.25, 0.3) is 0 Å². The second-order valence-corrected chi connectivity index (χ2v) is 16.6. The number of esters is 1. The van der Waals surface area contributed by atoms with Crippen molar-refractivity contribution in [1.29, 1.82) is 0 Å². The predicted octanol–water partition coefficient (Wildman–Crippen LogP) is 15.1. The molecule has 0 aromatic carbocycles. The average Bonchev–Trinajstić information content (AvgIpc) is 3.14. The van der Waals surface area contributed by atoms with Gasteiger partial charge in [-0.15, -0.1) is 0 Å². The maximum absolute atomic E-state index is 12.4. The van der Waals surface area contributed by atoms with Crippen molar-refractivity contribution in [3.8, 4) is 0 Å². The normalized spacial score (nSPS) is 11.2. The molecule has 0 aliphatic rings. The Kier molecular flexibility index (Phi) is 47.9. The molecule has 0 fully saturated rings. The number of hydrogen-bond acceptors (Lipinski definition) is 4. The minimum Gasteiger partial charge on any atom is -0.462 e. The molecule has 1 N–H and O–H groups in total. The lowest BCUT2D eigenvalue weighted by atomic mass is 10.0. The molecule has 5 heteroatoms. The molecule has 0 aliphatic carbocycles. The van der Waals surface area contributed by atoms with Crippen molar-refractivity contribution >= 4 is 11.9 Å². The fourth-order valence-electron chi connectivity index (χ4n) is 7.05. The van der Waals surface area contributed by atoms with Crippen LogP contribution < -0.4 is 5.32 Å². The average molecular weight is 751 g/mol. The third kappa shape index (κ3) is 48.9. The molecule has 1 amide bonds. The SMILES string of the molecule is CCCCCCCCCCCCCCCCCCC(=O)OC(CCCCCC)CCCCCC.CCCCCCCCCCNC(=O)CCCN(C)C. The molecular weight excluding hydrogens is 653 g/mol. The van der Waals surface area contributed by atoms with Gasteiger partial charge in [0.2, 0.25) is 5.91 Å². The number of unbranched alkanes of at least 4 members (excludes halogenated alkanes) is 28. The molecule has 5 nitrogen and oxygen atoms in total. The highest BCUT2D eigenvalue weighted by Gasteiger charge is 2.14. The van der Waals surface area contributed by atoms with Crippen LogP contribution in [-0.4, -0.2) is 50.1 Å². The predicted molar refractivity (Wildman–Crippen MR) is 235 cm³/mol. The van der Waals surface area contributed by atoms with Gasteiger partial charge in [-0.05, 0) is 65.6 Å². The number of hydrogen-bond donors (Lipinski definition) is 1. The number of ether oxygens (including phenoxy) is 1. The Hall–Kier alpha value is -1.10. The van der Waals surface area contributed by atoms with E-state index in [0.29, 0.717) is 12.8 Å². The van der Waals surface area contributed by atoms with Crippen molar-refractivity contribution in [2.24, 2.45) is 0 Å². The first kappa shape index (κ1) is 54.0. The molecule has 318 valence electrons. The lowest BCUT2D eigenvalue weighted by Crippen LogP contribution is -2.25. The van der Waals surface area contributed by atoms with Gasteiger partial charge in [-0.1, -0.05) is 207 Å². The largest absolute Gasteiger partial charge is 0.462 e. The van der Waals surface area contributed by atoms with E-state index in [1.54, 1.807) is 0 Å². The Balaban J connectivity index is 0. The van der Waals surface area contributed by atoms with Gasteiger partial charge in [0.05, 0.1) is 0 Å². The number of amides is 1. The molecule has 0 aliphatic heterocycles. The van der Waals surface area contributed by atoms with E-state index in [4.69, 9.17) is 4.74 Å². The summed E-state index contributed by atoms with van der Waals surface area (Å²) in [6, 6.07) is 0. The molecular formula is C48H98N2O3. The van der Waals surface area contributed by atoms with Crippen LogP contribution in [-0.2, 0) is 14.3 Å². The molecule has 0 heterocycles. The third-order valence-corrected chi connectivity index (χ3v) is 10.7. The summed E-state index contributed by atoms with van der Waals surface area (Å²) in [7, 11) is 4.08. The molecule has 0 rings (SSSR count). The highest BCUT2D eigenvalue weighted by Crippen LogP contribution is 2.18. The Labute approximate surface area is 334 Å². The summed E-state index contributed by atoms with van der Waals surface area (Å²) in [5.74, 6) is 0.270. The summed E-state index contributed by atoms with van der Waals surface area (Å²) in [5, 5.41) is 3.01. The molecule has 0 radical (unpaired) electrons. The van der Waals surface area contributed by atoms with Crippen molar-refractivity contribution in [2.45, 2.75) is 271 Å². The van der Waals surface area contributed by atoms with Crippen molar-refractivity contribution in [3.63, 3.8) is 0 Å².